The maximum absolute atomic E-state index is 12.4. The van der Waals surface area contributed by atoms with E-state index < -0.39 is 0 Å². The van der Waals surface area contributed by atoms with Crippen molar-refractivity contribution in [3.63, 3.8) is 0 Å². The number of aromatic nitrogens is 2. The van der Waals surface area contributed by atoms with Gasteiger partial charge in [-0.25, -0.2) is 9.78 Å². The average Bonchev–Trinajstić information content (AvgIpc) is 3.16. The molecule has 4 aromatic rings. The van der Waals surface area contributed by atoms with E-state index >= 15 is 0 Å². The number of ether oxygens (including phenoxy) is 1. The summed E-state index contributed by atoms with van der Waals surface area (Å²) in [6.07, 6.45) is 3.55. The Morgan fingerprint density at radius 2 is 1.93 bits per heavy atom. The van der Waals surface area contributed by atoms with E-state index in [0.717, 1.165) is 22.4 Å². The van der Waals surface area contributed by atoms with E-state index in [1.54, 1.807) is 24.4 Å². The summed E-state index contributed by atoms with van der Waals surface area (Å²) in [4.78, 5) is 16.7. The second-order valence-electron chi connectivity index (χ2n) is 6.53. The lowest BCUT2D eigenvalue weighted by atomic mass is 10.1. The molecule has 4 nitrogen and oxygen atoms in total. The van der Waals surface area contributed by atoms with Gasteiger partial charge in [0.2, 0.25) is 0 Å². The van der Waals surface area contributed by atoms with Gasteiger partial charge in [-0.05, 0) is 48.2 Å². The second kappa shape index (κ2) is 8.22. The van der Waals surface area contributed by atoms with E-state index in [9.17, 15) is 4.79 Å². The van der Waals surface area contributed by atoms with Crippen molar-refractivity contribution in [1.82, 2.24) is 9.38 Å². The fourth-order valence-corrected chi connectivity index (χ4v) is 3.10. The molecule has 0 aliphatic heterocycles. The van der Waals surface area contributed by atoms with Crippen LogP contribution in [-0.2, 0) is 11.3 Å². The molecule has 142 valence electrons. The first kappa shape index (κ1) is 18.8. The van der Waals surface area contributed by atoms with E-state index in [0.29, 0.717) is 16.2 Å². The zero-order valence-corrected chi connectivity index (χ0v) is 16.5. The number of carbonyl (C=O) groups excluding carboxylic acids is 1. The fourth-order valence-electron chi connectivity index (χ4n) is 2.89. The third-order valence-electron chi connectivity index (χ3n) is 4.50. The fraction of sp³-hybridized carbons (Fsp3) is 0.0833. The normalized spacial score (nSPS) is 10.4. The van der Waals surface area contributed by atoms with Crippen LogP contribution in [0.5, 0.6) is 0 Å². The van der Waals surface area contributed by atoms with Gasteiger partial charge in [0.1, 0.15) is 12.3 Å². The molecule has 4 rings (SSSR count). The van der Waals surface area contributed by atoms with Crippen LogP contribution in [0.3, 0.4) is 0 Å². The quantitative estimate of drug-likeness (QED) is 0.357. The number of pyridine rings is 1. The number of hydrogen-bond donors (Lipinski definition) is 0. The summed E-state index contributed by atoms with van der Waals surface area (Å²) in [5.74, 6) is 5.87. The number of esters is 1. The molecule has 0 fully saturated rings. The van der Waals surface area contributed by atoms with Gasteiger partial charge in [-0.15, -0.1) is 0 Å². The molecular weight excluding hydrogens is 384 g/mol. The number of imidazole rings is 1. The van der Waals surface area contributed by atoms with Crippen molar-refractivity contribution >= 4 is 23.2 Å². The van der Waals surface area contributed by atoms with Crippen molar-refractivity contribution in [3.05, 3.63) is 106 Å². The van der Waals surface area contributed by atoms with Gasteiger partial charge in [0.15, 0.2) is 5.65 Å². The molecular formula is C24H17ClN2O2. The summed E-state index contributed by atoms with van der Waals surface area (Å²) in [6.45, 7) is 2.19. The molecule has 0 unspecified atom stereocenters. The van der Waals surface area contributed by atoms with Gasteiger partial charge < -0.3 is 4.74 Å². The van der Waals surface area contributed by atoms with Gasteiger partial charge in [0.05, 0.1) is 16.8 Å². The first-order valence-electron chi connectivity index (χ1n) is 9.07. The molecule has 0 saturated heterocycles. The molecule has 0 spiro atoms. The third-order valence-corrected chi connectivity index (χ3v) is 4.79. The van der Waals surface area contributed by atoms with Crippen molar-refractivity contribution in [2.45, 2.75) is 13.5 Å². The Morgan fingerprint density at radius 3 is 2.76 bits per heavy atom. The van der Waals surface area contributed by atoms with Crippen LogP contribution in [0, 0.1) is 18.8 Å². The summed E-state index contributed by atoms with van der Waals surface area (Å²) < 4.78 is 7.25. The third kappa shape index (κ3) is 4.16. The summed E-state index contributed by atoms with van der Waals surface area (Å²) in [6, 6.07) is 18.6. The monoisotopic (exact) mass is 400 g/mol. The highest BCUT2D eigenvalue weighted by Gasteiger charge is 2.09. The van der Waals surface area contributed by atoms with Crippen molar-refractivity contribution < 1.29 is 9.53 Å². The van der Waals surface area contributed by atoms with E-state index in [2.05, 4.69) is 16.8 Å². The Balaban J connectivity index is 1.57. The van der Waals surface area contributed by atoms with E-state index in [1.165, 1.54) is 0 Å². The number of carbonyl (C=O) groups is 1. The number of fused-ring (bicyclic) bond motifs is 1. The first-order chi connectivity index (χ1) is 14.1. The van der Waals surface area contributed by atoms with Gasteiger partial charge in [-0.2, -0.15) is 0 Å². The highest BCUT2D eigenvalue weighted by molar-refractivity contribution is 6.33. The molecule has 29 heavy (non-hydrogen) atoms. The maximum Gasteiger partial charge on any atom is 0.338 e. The van der Waals surface area contributed by atoms with Crippen molar-refractivity contribution in [2.75, 3.05) is 0 Å². The molecule has 2 heterocycles. The Bertz CT molecular complexity index is 1250. The highest BCUT2D eigenvalue weighted by atomic mass is 35.5. The predicted octanol–water partition coefficient (Wildman–Crippen LogP) is 5.05. The minimum Gasteiger partial charge on any atom is -0.457 e. The zero-order chi connectivity index (χ0) is 20.2. The molecule has 0 bridgehead atoms. The van der Waals surface area contributed by atoms with E-state index in [1.807, 2.05) is 60.0 Å². The Labute approximate surface area is 173 Å². The Morgan fingerprint density at radius 1 is 1.10 bits per heavy atom. The summed E-state index contributed by atoms with van der Waals surface area (Å²) >= 11 is 6.16. The standard InChI is InChI=1S/C24H17ClN2O2/c1-17-9-10-20(24(28)29-16-18-6-3-2-4-7-18)14-19(17)11-12-21-15-26-23-22(25)8-5-13-27(21)23/h2-10,13-15H,16H2,1H3. The maximum atomic E-state index is 12.4. The minimum atomic E-state index is -0.376. The van der Waals surface area contributed by atoms with Crippen molar-refractivity contribution in [3.8, 4) is 11.8 Å². The predicted molar refractivity (Wildman–Crippen MR) is 113 cm³/mol. The van der Waals surface area contributed by atoms with Crippen LogP contribution >= 0.6 is 11.6 Å². The molecule has 2 aromatic heterocycles. The van der Waals surface area contributed by atoms with Crippen molar-refractivity contribution in [1.29, 1.82) is 0 Å². The van der Waals surface area contributed by atoms with Crippen LogP contribution in [0.15, 0.2) is 73.1 Å². The molecule has 0 aliphatic carbocycles. The molecule has 0 N–H and O–H groups in total. The molecule has 5 heteroatoms. The minimum absolute atomic E-state index is 0.233. The summed E-state index contributed by atoms with van der Waals surface area (Å²) in [5.41, 5.74) is 4.53. The van der Waals surface area contributed by atoms with E-state index in [-0.39, 0.29) is 12.6 Å². The van der Waals surface area contributed by atoms with E-state index in [4.69, 9.17) is 16.3 Å². The van der Waals surface area contributed by atoms with Crippen LogP contribution in [-0.4, -0.2) is 15.4 Å². The van der Waals surface area contributed by atoms with Crippen LogP contribution in [0.4, 0.5) is 0 Å². The van der Waals surface area contributed by atoms with Crippen LogP contribution < -0.4 is 0 Å². The van der Waals surface area contributed by atoms with Gasteiger partial charge >= 0.3 is 5.97 Å². The largest absolute Gasteiger partial charge is 0.457 e. The molecule has 0 amide bonds. The molecule has 0 saturated carbocycles. The molecule has 0 aliphatic rings. The number of nitrogens with zero attached hydrogens (tertiary/aromatic N) is 2. The lowest BCUT2D eigenvalue weighted by Gasteiger charge is -2.06. The number of hydrogen-bond acceptors (Lipinski definition) is 3. The number of rotatable bonds is 3. The smallest absolute Gasteiger partial charge is 0.338 e. The van der Waals surface area contributed by atoms with Crippen molar-refractivity contribution in [2.24, 2.45) is 0 Å². The molecule has 0 atom stereocenters. The lowest BCUT2D eigenvalue weighted by Crippen LogP contribution is -2.06. The number of halogens is 1. The topological polar surface area (TPSA) is 43.6 Å². The van der Waals surface area contributed by atoms with Gasteiger partial charge in [-0.1, -0.05) is 53.9 Å². The molecule has 0 radical (unpaired) electrons. The number of aryl methyl sites for hydroxylation is 1. The van der Waals surface area contributed by atoms with Crippen LogP contribution in [0.25, 0.3) is 5.65 Å². The van der Waals surface area contributed by atoms with Crippen LogP contribution in [0.2, 0.25) is 5.02 Å². The lowest BCUT2D eigenvalue weighted by molar-refractivity contribution is 0.0472. The van der Waals surface area contributed by atoms with Crippen LogP contribution in [0.1, 0.15) is 32.7 Å². The molecule has 2 aromatic carbocycles. The van der Waals surface area contributed by atoms with Gasteiger partial charge in [-0.3, -0.25) is 4.40 Å². The highest BCUT2D eigenvalue weighted by Crippen LogP contribution is 2.17. The van der Waals surface area contributed by atoms with Gasteiger partial charge in [0.25, 0.3) is 0 Å². The zero-order valence-electron chi connectivity index (χ0n) is 15.7. The average molecular weight is 401 g/mol. The second-order valence-corrected chi connectivity index (χ2v) is 6.94. The first-order valence-corrected chi connectivity index (χ1v) is 9.45. The Kier molecular flexibility index (Phi) is 5.33. The number of benzene rings is 2. The van der Waals surface area contributed by atoms with Gasteiger partial charge in [0, 0.05) is 11.8 Å². The SMILES string of the molecule is Cc1ccc(C(=O)OCc2ccccc2)cc1C#Cc1cnc2c(Cl)cccn12. The summed E-state index contributed by atoms with van der Waals surface area (Å²) in [5, 5.41) is 0.569. The summed E-state index contributed by atoms with van der Waals surface area (Å²) in [7, 11) is 0. The Hall–Kier alpha value is -3.55.